The largest absolute Gasteiger partial charge is 0.468 e. The summed E-state index contributed by atoms with van der Waals surface area (Å²) >= 11 is 0. The van der Waals surface area contributed by atoms with E-state index in [1.165, 1.54) is 36.1 Å². The average molecular weight is 410 g/mol. The summed E-state index contributed by atoms with van der Waals surface area (Å²) in [6, 6.07) is 17.5. The zero-order chi connectivity index (χ0) is 20.3. The van der Waals surface area contributed by atoms with E-state index in [0.29, 0.717) is 11.3 Å². The molecular formula is C22H22N2O4S. The molecular weight excluding hydrogens is 388 g/mol. The highest BCUT2D eigenvalue weighted by molar-refractivity contribution is 7.89. The van der Waals surface area contributed by atoms with Crippen molar-refractivity contribution in [3.8, 4) is 0 Å². The SMILES string of the molecule is O=C(N[C@H]1CCCc2ccccc21)c1ccc(S(=O)(=O)NCc2ccco2)cc1. The van der Waals surface area contributed by atoms with Crippen molar-refractivity contribution in [3.05, 3.63) is 89.4 Å². The molecule has 2 N–H and O–H groups in total. The molecule has 0 bridgehead atoms. The molecule has 29 heavy (non-hydrogen) atoms. The van der Waals surface area contributed by atoms with Gasteiger partial charge >= 0.3 is 0 Å². The van der Waals surface area contributed by atoms with Crippen LogP contribution in [-0.2, 0) is 23.0 Å². The summed E-state index contributed by atoms with van der Waals surface area (Å²) in [6.07, 6.45) is 4.44. The smallest absolute Gasteiger partial charge is 0.251 e. The first-order valence-corrected chi connectivity index (χ1v) is 11.0. The molecule has 2 aromatic carbocycles. The Morgan fingerprint density at radius 2 is 1.83 bits per heavy atom. The molecule has 6 nitrogen and oxygen atoms in total. The van der Waals surface area contributed by atoms with Crippen molar-refractivity contribution in [1.82, 2.24) is 10.0 Å². The van der Waals surface area contributed by atoms with Crippen LogP contribution in [-0.4, -0.2) is 14.3 Å². The van der Waals surface area contributed by atoms with Crippen LogP contribution in [0.4, 0.5) is 0 Å². The highest BCUT2D eigenvalue weighted by Gasteiger charge is 2.22. The minimum absolute atomic E-state index is 0.0224. The van der Waals surface area contributed by atoms with Crippen LogP contribution in [0.15, 0.2) is 76.2 Å². The highest BCUT2D eigenvalue weighted by Crippen LogP contribution is 2.29. The first-order valence-electron chi connectivity index (χ1n) is 9.54. The molecule has 1 amide bonds. The van der Waals surface area contributed by atoms with Crippen molar-refractivity contribution in [2.75, 3.05) is 0 Å². The molecule has 1 aromatic heterocycles. The van der Waals surface area contributed by atoms with Gasteiger partial charge in [-0.2, -0.15) is 0 Å². The van der Waals surface area contributed by atoms with E-state index in [-0.39, 0.29) is 23.4 Å². The minimum Gasteiger partial charge on any atom is -0.468 e. The molecule has 1 heterocycles. The van der Waals surface area contributed by atoms with Crippen LogP contribution in [0, 0.1) is 0 Å². The van der Waals surface area contributed by atoms with E-state index in [1.807, 2.05) is 12.1 Å². The molecule has 0 unspecified atom stereocenters. The number of nitrogens with one attached hydrogen (secondary N) is 2. The summed E-state index contributed by atoms with van der Waals surface area (Å²) < 4.78 is 32.4. The number of sulfonamides is 1. The Balaban J connectivity index is 1.43. The second kappa shape index (κ2) is 8.23. The number of hydrogen-bond donors (Lipinski definition) is 2. The van der Waals surface area contributed by atoms with Gasteiger partial charge in [0.2, 0.25) is 10.0 Å². The van der Waals surface area contributed by atoms with Gasteiger partial charge in [0.1, 0.15) is 5.76 Å². The minimum atomic E-state index is -3.69. The summed E-state index contributed by atoms with van der Waals surface area (Å²) in [6.45, 7) is 0.0681. The van der Waals surface area contributed by atoms with Gasteiger partial charge in [-0.05, 0) is 66.8 Å². The van der Waals surface area contributed by atoms with Gasteiger partial charge in [0, 0.05) is 5.56 Å². The maximum atomic E-state index is 12.7. The van der Waals surface area contributed by atoms with E-state index in [2.05, 4.69) is 22.2 Å². The summed E-state index contributed by atoms with van der Waals surface area (Å²) in [5.74, 6) is 0.316. The fraction of sp³-hybridized carbons (Fsp3) is 0.227. The van der Waals surface area contributed by atoms with E-state index < -0.39 is 10.0 Å². The Morgan fingerprint density at radius 3 is 2.59 bits per heavy atom. The van der Waals surface area contributed by atoms with Crippen molar-refractivity contribution < 1.29 is 17.6 Å². The van der Waals surface area contributed by atoms with Crippen molar-refractivity contribution in [2.24, 2.45) is 0 Å². The number of hydrogen-bond acceptors (Lipinski definition) is 4. The lowest BCUT2D eigenvalue weighted by atomic mass is 9.87. The Kier molecular flexibility index (Phi) is 5.51. The Bertz CT molecular complexity index is 1090. The zero-order valence-corrected chi connectivity index (χ0v) is 16.6. The lowest BCUT2D eigenvalue weighted by Crippen LogP contribution is -2.31. The summed E-state index contributed by atoms with van der Waals surface area (Å²) in [5.41, 5.74) is 2.86. The fourth-order valence-electron chi connectivity index (χ4n) is 3.59. The van der Waals surface area contributed by atoms with Crippen LogP contribution in [0.25, 0.3) is 0 Å². The zero-order valence-electron chi connectivity index (χ0n) is 15.8. The predicted molar refractivity (Wildman–Crippen MR) is 109 cm³/mol. The molecule has 0 fully saturated rings. The molecule has 1 atom stereocenters. The lowest BCUT2D eigenvalue weighted by Gasteiger charge is -2.26. The molecule has 4 rings (SSSR count). The molecule has 7 heteroatoms. The number of aryl methyl sites for hydroxylation is 1. The summed E-state index contributed by atoms with van der Waals surface area (Å²) in [7, 11) is -3.69. The fourth-order valence-corrected chi connectivity index (χ4v) is 4.59. The molecule has 1 aliphatic carbocycles. The molecule has 150 valence electrons. The normalized spacial score (nSPS) is 16.2. The van der Waals surface area contributed by atoms with Gasteiger partial charge < -0.3 is 9.73 Å². The van der Waals surface area contributed by atoms with Gasteiger partial charge in [-0.25, -0.2) is 13.1 Å². The average Bonchev–Trinajstić information content (AvgIpc) is 3.26. The van der Waals surface area contributed by atoms with Crippen molar-refractivity contribution in [1.29, 1.82) is 0 Å². The molecule has 0 saturated heterocycles. The Hall–Kier alpha value is -2.90. The molecule has 0 aliphatic heterocycles. The summed E-state index contributed by atoms with van der Waals surface area (Å²) in [5, 5.41) is 3.08. The molecule has 1 aliphatic rings. The standard InChI is InChI=1S/C22H22N2O4S/c25-22(24-21-9-3-6-16-5-1-2-8-20(16)21)17-10-12-19(13-11-17)29(26,27)23-15-18-7-4-14-28-18/h1-2,4-5,7-8,10-14,21,23H,3,6,9,15H2,(H,24,25)/t21-/m0/s1. The van der Waals surface area contributed by atoms with Crippen LogP contribution in [0.1, 0.15) is 46.1 Å². The Labute approximate surface area is 170 Å². The van der Waals surface area contributed by atoms with Crippen LogP contribution in [0.2, 0.25) is 0 Å². The number of amides is 1. The number of rotatable bonds is 6. The van der Waals surface area contributed by atoms with Crippen molar-refractivity contribution >= 4 is 15.9 Å². The quantitative estimate of drug-likeness (QED) is 0.650. The van der Waals surface area contributed by atoms with E-state index in [9.17, 15) is 13.2 Å². The maximum Gasteiger partial charge on any atom is 0.251 e. The first-order chi connectivity index (χ1) is 14.0. The number of benzene rings is 2. The lowest BCUT2D eigenvalue weighted by molar-refractivity contribution is 0.0932. The first kappa shape index (κ1) is 19.4. The Morgan fingerprint density at radius 1 is 1.03 bits per heavy atom. The van der Waals surface area contributed by atoms with Gasteiger partial charge in [0.15, 0.2) is 0 Å². The summed E-state index contributed by atoms with van der Waals surface area (Å²) in [4.78, 5) is 12.8. The number of fused-ring (bicyclic) bond motifs is 1. The second-order valence-electron chi connectivity index (χ2n) is 7.05. The van der Waals surface area contributed by atoms with Crippen LogP contribution in [0.5, 0.6) is 0 Å². The van der Waals surface area contributed by atoms with Gasteiger partial charge in [-0.1, -0.05) is 24.3 Å². The van der Waals surface area contributed by atoms with Gasteiger partial charge in [0.05, 0.1) is 23.7 Å². The third-order valence-corrected chi connectivity index (χ3v) is 6.54. The van der Waals surface area contributed by atoms with Gasteiger partial charge in [0.25, 0.3) is 5.91 Å². The predicted octanol–water partition coefficient (Wildman–Crippen LogP) is 3.57. The molecule has 0 saturated carbocycles. The van der Waals surface area contributed by atoms with Crippen LogP contribution in [0.3, 0.4) is 0 Å². The number of carbonyl (C=O) groups excluding carboxylic acids is 1. The van der Waals surface area contributed by atoms with E-state index in [0.717, 1.165) is 24.8 Å². The van der Waals surface area contributed by atoms with Crippen molar-refractivity contribution in [3.63, 3.8) is 0 Å². The number of furan rings is 1. The maximum absolute atomic E-state index is 12.7. The third-order valence-electron chi connectivity index (χ3n) is 5.12. The van der Waals surface area contributed by atoms with Crippen LogP contribution >= 0.6 is 0 Å². The van der Waals surface area contributed by atoms with Gasteiger partial charge in [-0.15, -0.1) is 0 Å². The van der Waals surface area contributed by atoms with E-state index in [4.69, 9.17) is 4.42 Å². The second-order valence-corrected chi connectivity index (χ2v) is 8.81. The van der Waals surface area contributed by atoms with Crippen LogP contribution < -0.4 is 10.0 Å². The van der Waals surface area contributed by atoms with E-state index in [1.54, 1.807) is 12.1 Å². The molecule has 0 spiro atoms. The highest BCUT2D eigenvalue weighted by atomic mass is 32.2. The molecule has 3 aromatic rings. The van der Waals surface area contributed by atoms with Crippen molar-refractivity contribution in [2.45, 2.75) is 36.7 Å². The van der Waals surface area contributed by atoms with E-state index >= 15 is 0 Å². The number of carbonyl (C=O) groups is 1. The molecule has 0 radical (unpaired) electrons. The van der Waals surface area contributed by atoms with Gasteiger partial charge in [-0.3, -0.25) is 4.79 Å². The topological polar surface area (TPSA) is 88.4 Å². The monoisotopic (exact) mass is 410 g/mol. The third kappa shape index (κ3) is 4.41.